The number of halogens is 1. The van der Waals surface area contributed by atoms with Crippen molar-refractivity contribution in [3.8, 4) is 0 Å². The van der Waals surface area contributed by atoms with Crippen LogP contribution in [0.2, 0.25) is 0 Å². The zero-order chi connectivity index (χ0) is 14.9. The van der Waals surface area contributed by atoms with Crippen LogP contribution in [0.5, 0.6) is 0 Å². The molecule has 0 saturated heterocycles. The van der Waals surface area contributed by atoms with E-state index in [9.17, 15) is 8.42 Å². The van der Waals surface area contributed by atoms with Crippen LogP contribution in [-0.4, -0.2) is 8.42 Å². The summed E-state index contributed by atoms with van der Waals surface area (Å²) in [6.07, 6.45) is 1.50. The molecule has 0 aliphatic rings. The maximum Gasteiger partial charge on any atom is 0.241 e. The Morgan fingerprint density at radius 2 is 2.10 bits per heavy atom. The molecule has 1 atom stereocenters. The smallest absolute Gasteiger partial charge is 0.241 e. The lowest BCUT2D eigenvalue weighted by Crippen LogP contribution is -2.27. The molecule has 108 valence electrons. The van der Waals surface area contributed by atoms with Gasteiger partial charge < -0.3 is 10.2 Å². The quantitative estimate of drug-likeness (QED) is 0.822. The van der Waals surface area contributed by atoms with Gasteiger partial charge in [-0.15, -0.1) is 0 Å². The number of rotatable bonds is 4. The number of anilines is 1. The fraction of sp³-hybridized carbons (Fsp3) is 0.231. The number of sulfonamides is 1. The predicted octanol–water partition coefficient (Wildman–Crippen LogP) is 2.97. The van der Waals surface area contributed by atoms with Gasteiger partial charge >= 0.3 is 0 Å². The van der Waals surface area contributed by atoms with Crippen molar-refractivity contribution in [1.29, 1.82) is 0 Å². The Balaban J connectivity index is 2.36. The van der Waals surface area contributed by atoms with E-state index < -0.39 is 16.1 Å². The van der Waals surface area contributed by atoms with Gasteiger partial charge in [0.15, 0.2) is 0 Å². The second kappa shape index (κ2) is 5.59. The molecule has 7 heteroatoms. The summed E-state index contributed by atoms with van der Waals surface area (Å²) < 4.78 is 33.3. The van der Waals surface area contributed by atoms with Crippen LogP contribution < -0.4 is 10.5 Å². The average Bonchev–Trinajstić information content (AvgIpc) is 2.86. The maximum absolute atomic E-state index is 12.4. The van der Waals surface area contributed by atoms with E-state index >= 15 is 0 Å². The summed E-state index contributed by atoms with van der Waals surface area (Å²) in [6.45, 7) is 3.39. The maximum atomic E-state index is 12.4. The van der Waals surface area contributed by atoms with E-state index in [2.05, 4.69) is 20.7 Å². The third kappa shape index (κ3) is 3.05. The van der Waals surface area contributed by atoms with Crippen molar-refractivity contribution in [2.45, 2.75) is 24.8 Å². The lowest BCUT2D eigenvalue weighted by atomic mass is 10.2. The average molecular weight is 359 g/mol. The Labute approximate surface area is 126 Å². The fourth-order valence-electron chi connectivity index (χ4n) is 1.85. The zero-order valence-corrected chi connectivity index (χ0v) is 13.5. The van der Waals surface area contributed by atoms with Gasteiger partial charge in [-0.25, -0.2) is 13.1 Å². The number of nitrogens with two attached hydrogens (primary N) is 1. The molecule has 0 radical (unpaired) electrons. The van der Waals surface area contributed by atoms with Crippen molar-refractivity contribution >= 4 is 31.6 Å². The Morgan fingerprint density at radius 1 is 1.40 bits per heavy atom. The molecule has 1 unspecified atom stereocenters. The van der Waals surface area contributed by atoms with Crippen molar-refractivity contribution in [3.05, 3.63) is 46.3 Å². The SMILES string of the molecule is Cc1c(N)cc(Br)cc1S(=O)(=O)NC(C)c1ccco1. The van der Waals surface area contributed by atoms with Gasteiger partial charge in [0.1, 0.15) is 5.76 Å². The lowest BCUT2D eigenvalue weighted by Gasteiger charge is -2.15. The van der Waals surface area contributed by atoms with Crippen LogP contribution in [0.15, 0.2) is 44.3 Å². The lowest BCUT2D eigenvalue weighted by molar-refractivity contribution is 0.459. The van der Waals surface area contributed by atoms with Crippen LogP contribution in [0.25, 0.3) is 0 Å². The minimum atomic E-state index is -3.68. The Bertz CT molecular complexity index is 711. The van der Waals surface area contributed by atoms with E-state index in [1.807, 2.05) is 0 Å². The fourth-order valence-corrected chi connectivity index (χ4v) is 3.98. The highest BCUT2D eigenvalue weighted by atomic mass is 79.9. The van der Waals surface area contributed by atoms with Gasteiger partial charge in [-0.3, -0.25) is 0 Å². The van der Waals surface area contributed by atoms with Crippen LogP contribution >= 0.6 is 15.9 Å². The molecule has 3 N–H and O–H groups in total. The minimum absolute atomic E-state index is 0.155. The van der Waals surface area contributed by atoms with Gasteiger partial charge in [0.25, 0.3) is 0 Å². The van der Waals surface area contributed by atoms with E-state index in [0.717, 1.165) is 0 Å². The predicted molar refractivity (Wildman–Crippen MR) is 80.7 cm³/mol. The van der Waals surface area contributed by atoms with Gasteiger partial charge in [0.2, 0.25) is 10.0 Å². The molecule has 20 heavy (non-hydrogen) atoms. The second-order valence-corrected chi connectivity index (χ2v) is 7.07. The summed E-state index contributed by atoms with van der Waals surface area (Å²) in [5.41, 5.74) is 6.75. The van der Waals surface area contributed by atoms with Crippen molar-refractivity contribution in [2.75, 3.05) is 5.73 Å². The molecule has 0 aliphatic carbocycles. The standard InChI is InChI=1S/C13H15BrN2O3S/c1-8-11(15)6-10(14)7-13(8)20(17,18)16-9(2)12-4-3-5-19-12/h3-7,9,16H,15H2,1-2H3. The molecule has 2 aromatic rings. The first kappa shape index (κ1) is 15.1. The molecule has 1 aromatic heterocycles. The van der Waals surface area contributed by atoms with Gasteiger partial charge in [-0.2, -0.15) is 0 Å². The molecule has 5 nitrogen and oxygen atoms in total. The van der Waals surface area contributed by atoms with Crippen LogP contribution in [0.1, 0.15) is 24.3 Å². The molecule has 1 heterocycles. The monoisotopic (exact) mass is 358 g/mol. The molecule has 0 fully saturated rings. The van der Waals surface area contributed by atoms with Crippen molar-refractivity contribution in [1.82, 2.24) is 4.72 Å². The summed E-state index contributed by atoms with van der Waals surface area (Å²) in [7, 11) is -3.68. The molecule has 0 saturated carbocycles. The Morgan fingerprint density at radius 3 is 2.70 bits per heavy atom. The van der Waals surface area contributed by atoms with E-state index in [1.54, 1.807) is 32.0 Å². The third-order valence-electron chi connectivity index (χ3n) is 2.96. The normalized spacial score (nSPS) is 13.3. The Hall–Kier alpha value is -1.31. The summed E-state index contributed by atoms with van der Waals surface area (Å²) in [5.74, 6) is 0.550. The number of nitrogen functional groups attached to an aromatic ring is 1. The van der Waals surface area contributed by atoms with E-state index in [1.165, 1.54) is 12.3 Å². The number of hydrogen-bond acceptors (Lipinski definition) is 4. The molecule has 1 aromatic carbocycles. The summed E-state index contributed by atoms with van der Waals surface area (Å²) >= 11 is 3.25. The zero-order valence-electron chi connectivity index (χ0n) is 11.1. The first-order valence-electron chi connectivity index (χ1n) is 5.92. The van der Waals surface area contributed by atoms with E-state index in [0.29, 0.717) is 21.5 Å². The summed E-state index contributed by atoms with van der Waals surface area (Å²) in [5, 5.41) is 0. The van der Waals surface area contributed by atoms with Gasteiger partial charge in [-0.05, 0) is 43.7 Å². The van der Waals surface area contributed by atoms with Crippen molar-refractivity contribution in [3.63, 3.8) is 0 Å². The van der Waals surface area contributed by atoms with Crippen LogP contribution in [0.3, 0.4) is 0 Å². The molecule has 0 aliphatic heterocycles. The van der Waals surface area contributed by atoms with Crippen molar-refractivity contribution < 1.29 is 12.8 Å². The highest BCUT2D eigenvalue weighted by Gasteiger charge is 2.23. The highest BCUT2D eigenvalue weighted by molar-refractivity contribution is 9.10. The Kier molecular flexibility index (Phi) is 4.22. The molecule has 0 amide bonds. The minimum Gasteiger partial charge on any atom is -0.468 e. The van der Waals surface area contributed by atoms with E-state index in [4.69, 9.17) is 10.2 Å². The third-order valence-corrected chi connectivity index (χ3v) is 5.08. The van der Waals surface area contributed by atoms with Gasteiger partial charge in [-0.1, -0.05) is 15.9 Å². The van der Waals surface area contributed by atoms with Gasteiger partial charge in [0.05, 0.1) is 17.2 Å². The van der Waals surface area contributed by atoms with Crippen LogP contribution in [0.4, 0.5) is 5.69 Å². The van der Waals surface area contributed by atoms with Crippen molar-refractivity contribution in [2.24, 2.45) is 0 Å². The first-order chi connectivity index (χ1) is 9.31. The molecular weight excluding hydrogens is 344 g/mol. The molecule has 0 spiro atoms. The highest BCUT2D eigenvalue weighted by Crippen LogP contribution is 2.27. The van der Waals surface area contributed by atoms with Crippen LogP contribution in [0, 0.1) is 6.92 Å². The molecular formula is C13H15BrN2O3S. The molecule has 2 rings (SSSR count). The van der Waals surface area contributed by atoms with Gasteiger partial charge in [0, 0.05) is 10.2 Å². The first-order valence-corrected chi connectivity index (χ1v) is 8.20. The number of benzene rings is 1. The number of furan rings is 1. The second-order valence-electron chi connectivity index (χ2n) is 4.48. The largest absolute Gasteiger partial charge is 0.468 e. The van der Waals surface area contributed by atoms with Crippen LogP contribution in [-0.2, 0) is 10.0 Å². The summed E-state index contributed by atoms with van der Waals surface area (Å²) in [6, 6.07) is 6.17. The van der Waals surface area contributed by atoms with E-state index in [-0.39, 0.29) is 4.90 Å². The molecule has 0 bridgehead atoms. The summed E-state index contributed by atoms with van der Waals surface area (Å²) in [4.78, 5) is 0.155. The number of nitrogens with one attached hydrogen (secondary N) is 1. The topological polar surface area (TPSA) is 85.3 Å². The number of hydrogen-bond donors (Lipinski definition) is 2.